The molecule has 2 aromatic rings. The smallest absolute Gasteiger partial charge is 0.307 e. The van der Waals surface area contributed by atoms with E-state index >= 15 is 0 Å². The van der Waals surface area contributed by atoms with Gasteiger partial charge in [0.25, 0.3) is 0 Å². The van der Waals surface area contributed by atoms with Gasteiger partial charge in [0.1, 0.15) is 13.2 Å². The Balaban J connectivity index is 1.65. The summed E-state index contributed by atoms with van der Waals surface area (Å²) >= 11 is 1.11. The fourth-order valence-electron chi connectivity index (χ4n) is 2.64. The second-order valence-electron chi connectivity index (χ2n) is 5.66. The number of hydrogen-bond donors (Lipinski definition) is 0. The summed E-state index contributed by atoms with van der Waals surface area (Å²) in [4.78, 5) is 25.9. The van der Waals surface area contributed by atoms with Gasteiger partial charge >= 0.3 is 4.87 Å². The van der Waals surface area contributed by atoms with Crippen LogP contribution >= 0.6 is 11.3 Å². The first kappa shape index (κ1) is 16.6. The quantitative estimate of drug-likeness (QED) is 0.828. The Morgan fingerprint density at radius 1 is 1.38 bits per heavy atom. The number of thiazole rings is 1. The van der Waals surface area contributed by atoms with Gasteiger partial charge in [-0.25, -0.2) is 0 Å². The van der Waals surface area contributed by atoms with Crippen LogP contribution in [-0.4, -0.2) is 41.2 Å². The standard InChI is InChI=1S/C17H20N2O4S/c1-3-18(16(20)9-19-12(2)11-24-17(19)21)8-13-10-22-14-6-4-5-7-15(14)23-13/h4-7,11,13H,3,8-10H2,1-2H3. The van der Waals surface area contributed by atoms with Crippen LogP contribution in [0.15, 0.2) is 34.4 Å². The Morgan fingerprint density at radius 2 is 2.12 bits per heavy atom. The Morgan fingerprint density at radius 3 is 2.79 bits per heavy atom. The second kappa shape index (κ2) is 7.09. The molecule has 1 amide bonds. The summed E-state index contributed by atoms with van der Waals surface area (Å²) in [5.41, 5.74) is 0.806. The molecule has 1 aliphatic heterocycles. The topological polar surface area (TPSA) is 60.8 Å². The molecule has 2 heterocycles. The van der Waals surface area contributed by atoms with Crippen molar-refractivity contribution in [3.05, 3.63) is 45.0 Å². The number of amides is 1. The molecule has 0 spiro atoms. The Kier molecular flexibility index (Phi) is 4.89. The van der Waals surface area contributed by atoms with Crippen LogP contribution < -0.4 is 14.3 Å². The van der Waals surface area contributed by atoms with Crippen molar-refractivity contribution >= 4 is 17.2 Å². The Hall–Kier alpha value is -2.28. The van der Waals surface area contributed by atoms with E-state index in [0.717, 1.165) is 22.8 Å². The highest BCUT2D eigenvalue weighted by Crippen LogP contribution is 2.31. The summed E-state index contributed by atoms with van der Waals surface area (Å²) in [6, 6.07) is 7.50. The van der Waals surface area contributed by atoms with Gasteiger partial charge < -0.3 is 14.4 Å². The van der Waals surface area contributed by atoms with E-state index in [-0.39, 0.29) is 23.4 Å². The highest BCUT2D eigenvalue weighted by Gasteiger charge is 2.25. The number of benzene rings is 1. The maximum absolute atomic E-state index is 12.5. The van der Waals surface area contributed by atoms with E-state index in [0.29, 0.717) is 25.4 Å². The molecular weight excluding hydrogens is 328 g/mol. The monoisotopic (exact) mass is 348 g/mol. The third-order valence-electron chi connectivity index (χ3n) is 4.00. The predicted molar refractivity (Wildman–Crippen MR) is 91.9 cm³/mol. The van der Waals surface area contributed by atoms with Crippen LogP contribution in [0.3, 0.4) is 0 Å². The lowest BCUT2D eigenvalue weighted by molar-refractivity contribution is -0.133. The maximum atomic E-state index is 12.5. The van der Waals surface area contributed by atoms with E-state index in [9.17, 15) is 9.59 Å². The van der Waals surface area contributed by atoms with Crippen molar-refractivity contribution in [3.8, 4) is 11.5 Å². The van der Waals surface area contributed by atoms with Gasteiger partial charge in [-0.15, -0.1) is 0 Å². The SMILES string of the molecule is CCN(CC1COc2ccccc2O1)C(=O)Cn1c(C)csc1=O. The van der Waals surface area contributed by atoms with Gasteiger partial charge in [0.15, 0.2) is 17.6 Å². The molecule has 1 unspecified atom stereocenters. The number of fused-ring (bicyclic) bond motifs is 1. The first-order valence-corrected chi connectivity index (χ1v) is 8.77. The van der Waals surface area contributed by atoms with E-state index in [1.165, 1.54) is 4.57 Å². The molecular formula is C17H20N2O4S. The number of ether oxygens (including phenoxy) is 2. The van der Waals surface area contributed by atoms with E-state index in [1.807, 2.05) is 38.1 Å². The fourth-order valence-corrected chi connectivity index (χ4v) is 3.37. The van der Waals surface area contributed by atoms with E-state index in [1.54, 1.807) is 10.3 Å². The normalized spacial score (nSPS) is 16.0. The highest BCUT2D eigenvalue weighted by molar-refractivity contribution is 7.07. The zero-order valence-electron chi connectivity index (χ0n) is 13.7. The number of para-hydroxylation sites is 2. The molecule has 1 aromatic carbocycles. The molecule has 0 bridgehead atoms. The van der Waals surface area contributed by atoms with Gasteiger partial charge in [0.2, 0.25) is 5.91 Å². The van der Waals surface area contributed by atoms with Crippen molar-refractivity contribution in [2.24, 2.45) is 0 Å². The minimum absolute atomic E-state index is 0.0617. The molecule has 3 rings (SSSR count). The van der Waals surface area contributed by atoms with Crippen LogP contribution in [-0.2, 0) is 11.3 Å². The minimum atomic E-state index is -0.218. The molecule has 0 aliphatic carbocycles. The fraction of sp³-hybridized carbons (Fsp3) is 0.412. The lowest BCUT2D eigenvalue weighted by Gasteiger charge is -2.31. The summed E-state index contributed by atoms with van der Waals surface area (Å²) in [7, 11) is 0. The van der Waals surface area contributed by atoms with Crippen LogP contribution in [0.25, 0.3) is 0 Å². The van der Waals surface area contributed by atoms with Crippen molar-refractivity contribution in [1.82, 2.24) is 9.47 Å². The van der Waals surface area contributed by atoms with Gasteiger partial charge in [-0.2, -0.15) is 0 Å². The molecule has 1 aliphatic rings. The Bertz CT molecular complexity index is 783. The molecule has 7 heteroatoms. The van der Waals surface area contributed by atoms with Gasteiger partial charge in [-0.1, -0.05) is 23.5 Å². The van der Waals surface area contributed by atoms with Crippen molar-refractivity contribution in [2.75, 3.05) is 19.7 Å². The van der Waals surface area contributed by atoms with Crippen molar-refractivity contribution in [1.29, 1.82) is 0 Å². The number of carbonyl (C=O) groups is 1. The van der Waals surface area contributed by atoms with Crippen LogP contribution in [0.5, 0.6) is 11.5 Å². The molecule has 24 heavy (non-hydrogen) atoms. The summed E-state index contributed by atoms with van der Waals surface area (Å²) in [5.74, 6) is 1.33. The average Bonchev–Trinajstić information content (AvgIpc) is 2.91. The molecule has 0 fully saturated rings. The predicted octanol–water partition coefficient (Wildman–Crippen LogP) is 1.91. The number of likely N-dealkylation sites (N-methyl/N-ethyl adjacent to an activating group) is 1. The van der Waals surface area contributed by atoms with Crippen LogP contribution in [0, 0.1) is 6.92 Å². The first-order chi connectivity index (χ1) is 11.6. The number of hydrogen-bond acceptors (Lipinski definition) is 5. The summed E-state index contributed by atoms with van der Waals surface area (Å²) in [6.45, 7) is 5.19. The van der Waals surface area contributed by atoms with Crippen LogP contribution in [0.4, 0.5) is 0 Å². The zero-order valence-corrected chi connectivity index (χ0v) is 14.5. The van der Waals surface area contributed by atoms with Crippen molar-refractivity contribution < 1.29 is 14.3 Å². The van der Waals surface area contributed by atoms with Gasteiger partial charge in [0.05, 0.1) is 6.54 Å². The van der Waals surface area contributed by atoms with Crippen LogP contribution in [0.1, 0.15) is 12.6 Å². The average molecular weight is 348 g/mol. The molecule has 0 saturated carbocycles. The van der Waals surface area contributed by atoms with Gasteiger partial charge in [-0.3, -0.25) is 14.2 Å². The molecule has 1 atom stereocenters. The van der Waals surface area contributed by atoms with Crippen molar-refractivity contribution in [2.45, 2.75) is 26.5 Å². The number of rotatable bonds is 5. The summed E-state index contributed by atoms with van der Waals surface area (Å²) in [6.07, 6.45) is -0.218. The number of aryl methyl sites for hydroxylation is 1. The van der Waals surface area contributed by atoms with E-state index in [4.69, 9.17) is 9.47 Å². The highest BCUT2D eigenvalue weighted by atomic mass is 32.1. The number of nitrogens with zero attached hydrogens (tertiary/aromatic N) is 2. The largest absolute Gasteiger partial charge is 0.486 e. The van der Waals surface area contributed by atoms with E-state index < -0.39 is 0 Å². The summed E-state index contributed by atoms with van der Waals surface area (Å²) < 4.78 is 13.1. The van der Waals surface area contributed by atoms with Crippen LogP contribution in [0.2, 0.25) is 0 Å². The lowest BCUT2D eigenvalue weighted by atomic mass is 10.2. The zero-order chi connectivity index (χ0) is 17.1. The number of carbonyl (C=O) groups excluding carboxylic acids is 1. The van der Waals surface area contributed by atoms with Gasteiger partial charge in [-0.05, 0) is 26.0 Å². The third kappa shape index (κ3) is 3.46. The Labute approximate surface area is 144 Å². The number of aromatic nitrogens is 1. The van der Waals surface area contributed by atoms with Crippen molar-refractivity contribution in [3.63, 3.8) is 0 Å². The minimum Gasteiger partial charge on any atom is -0.486 e. The molecule has 0 saturated heterocycles. The summed E-state index contributed by atoms with van der Waals surface area (Å²) in [5, 5.41) is 1.76. The molecule has 6 nitrogen and oxygen atoms in total. The second-order valence-corrected chi connectivity index (χ2v) is 6.48. The molecule has 1 aromatic heterocycles. The molecule has 0 N–H and O–H groups in total. The lowest BCUT2D eigenvalue weighted by Crippen LogP contribution is -2.45. The van der Waals surface area contributed by atoms with Gasteiger partial charge in [0, 0.05) is 17.6 Å². The first-order valence-electron chi connectivity index (χ1n) is 7.89. The molecule has 128 valence electrons. The van der Waals surface area contributed by atoms with E-state index in [2.05, 4.69) is 0 Å². The maximum Gasteiger partial charge on any atom is 0.307 e. The molecule has 0 radical (unpaired) electrons. The third-order valence-corrected chi connectivity index (χ3v) is 4.88.